The maximum Gasteiger partial charge on any atom is 0.289 e. The summed E-state index contributed by atoms with van der Waals surface area (Å²) < 4.78 is 17.3. The van der Waals surface area contributed by atoms with Crippen molar-refractivity contribution in [3.05, 3.63) is 65.2 Å². The second-order valence-electron chi connectivity index (χ2n) is 24.8. The highest BCUT2D eigenvalue weighted by Crippen LogP contribution is 2.45. The summed E-state index contributed by atoms with van der Waals surface area (Å²) in [5.74, 6) is -6.36. The first-order valence-corrected chi connectivity index (χ1v) is 30.4. The number of hydrogen-bond donors (Lipinski definition) is 3. The molecule has 22 nitrogen and oxygen atoms in total. The molecule has 3 N–H and O–H groups in total. The highest BCUT2D eigenvalue weighted by Gasteiger charge is 2.53. The van der Waals surface area contributed by atoms with Crippen molar-refractivity contribution in [3.8, 4) is 5.75 Å². The SMILES string of the molecule is CCC[C@H](NC(=O)[C@@H]1[C@H]2CCC[C@H]2CN1C(=O)[C@@H](CC(=O)[C@@H](NC(=O)c1cnc(C(=O)CCCOCCOCCOc2cc3c4c(cccc4c2)C(=O)N(C2CCC(=O)N(C)C2=O)C3=O)cn1)C1CCCCC1)C(C)(C)C)C(=O)C(=O)NC1CC1. The van der Waals surface area contributed by atoms with Gasteiger partial charge in [-0.15, -0.1) is 0 Å². The fourth-order valence-electron chi connectivity index (χ4n) is 13.0. The highest BCUT2D eigenvalue weighted by atomic mass is 16.5. The van der Waals surface area contributed by atoms with Gasteiger partial charge in [-0.1, -0.05) is 71.9 Å². The van der Waals surface area contributed by atoms with Crippen molar-refractivity contribution in [2.45, 2.75) is 167 Å². The van der Waals surface area contributed by atoms with Gasteiger partial charge in [0.25, 0.3) is 29.5 Å². The lowest BCUT2D eigenvalue weighted by molar-refractivity contribution is -0.149. The summed E-state index contributed by atoms with van der Waals surface area (Å²) in [7, 11) is 1.34. The number of nitrogens with zero attached hydrogens (tertiary/aromatic N) is 5. The van der Waals surface area contributed by atoms with Crippen LogP contribution in [0.5, 0.6) is 5.75 Å². The molecule has 0 radical (unpaired) electrons. The number of likely N-dealkylation sites (tertiary alicyclic amines) is 2. The van der Waals surface area contributed by atoms with E-state index in [0.29, 0.717) is 48.8 Å². The Morgan fingerprint density at radius 3 is 2.19 bits per heavy atom. The lowest BCUT2D eigenvalue weighted by Gasteiger charge is -2.37. The van der Waals surface area contributed by atoms with E-state index in [-0.39, 0.29) is 135 Å². The predicted octanol–water partition coefficient (Wildman–Crippen LogP) is 5.51. The van der Waals surface area contributed by atoms with Gasteiger partial charge in [0.05, 0.1) is 49.9 Å². The zero-order chi connectivity index (χ0) is 60.7. The molecule has 22 heteroatoms. The molecule has 8 amide bonds. The largest absolute Gasteiger partial charge is 0.491 e. The number of fused-ring (bicyclic) bond motifs is 1. The Labute approximate surface area is 495 Å². The number of aromatic nitrogens is 2. The number of amides is 8. The van der Waals surface area contributed by atoms with Crippen LogP contribution in [0.2, 0.25) is 0 Å². The van der Waals surface area contributed by atoms with Crippen LogP contribution in [0.3, 0.4) is 0 Å². The number of hydrogen-bond acceptors (Lipinski definition) is 16. The lowest BCUT2D eigenvalue weighted by atomic mass is 9.74. The molecular weight excluding hydrogens is 1090 g/mol. The predicted molar refractivity (Wildman–Crippen MR) is 308 cm³/mol. The van der Waals surface area contributed by atoms with Gasteiger partial charge in [0.1, 0.15) is 35.8 Å². The van der Waals surface area contributed by atoms with Gasteiger partial charge in [0.15, 0.2) is 11.6 Å². The number of piperidine rings is 1. The number of ether oxygens (including phenoxy) is 3. The quantitative estimate of drug-likeness (QED) is 0.0367. The molecule has 7 atom stereocenters. The topological polar surface area (TPSA) is 287 Å². The van der Waals surface area contributed by atoms with E-state index in [1.807, 2.05) is 27.7 Å². The summed E-state index contributed by atoms with van der Waals surface area (Å²) in [5.41, 5.74) is -0.243. The fraction of sp³-hybridized carbons (Fsp3) is 0.603. The van der Waals surface area contributed by atoms with Gasteiger partial charge < -0.3 is 35.1 Å². The number of benzene rings is 2. The molecule has 6 aliphatic rings. The minimum atomic E-state index is -1.10. The summed E-state index contributed by atoms with van der Waals surface area (Å²) >= 11 is 0. The van der Waals surface area contributed by atoms with E-state index in [9.17, 15) is 52.7 Å². The van der Waals surface area contributed by atoms with E-state index in [4.69, 9.17) is 14.2 Å². The minimum absolute atomic E-state index is 0.0240. The summed E-state index contributed by atoms with van der Waals surface area (Å²) in [4.78, 5) is 162. The van der Waals surface area contributed by atoms with Crippen molar-refractivity contribution in [3.63, 3.8) is 0 Å². The van der Waals surface area contributed by atoms with E-state index in [1.54, 1.807) is 35.2 Å². The average Bonchev–Trinajstić information content (AvgIpc) is 3.03. The Morgan fingerprint density at radius 2 is 1.48 bits per heavy atom. The Morgan fingerprint density at radius 1 is 0.776 bits per heavy atom. The van der Waals surface area contributed by atoms with Crippen LogP contribution in [0.25, 0.3) is 10.8 Å². The molecule has 3 aliphatic carbocycles. The molecule has 1 unspecified atom stereocenters. The number of rotatable bonds is 27. The van der Waals surface area contributed by atoms with Crippen molar-refractivity contribution in [1.82, 2.24) is 40.6 Å². The second kappa shape index (κ2) is 27.4. The highest BCUT2D eigenvalue weighted by molar-refractivity contribution is 6.38. The van der Waals surface area contributed by atoms with Gasteiger partial charge in [-0.2, -0.15) is 0 Å². The molecule has 85 heavy (non-hydrogen) atoms. The standard InChI is InChI=1S/C63H80N8O14/c1-6-13-45(55(75)58(78)66-39-21-22-39)67-57(77)54-41-18-11-17-38(41)35-70(54)61(81)44(63(2,3)4)32-50(73)53(36-14-8-7-9-15-36)68-56(76)47-34-64-46(33-65-47)49(72)20-12-25-83-26-27-84-28-29-85-40-30-37-16-10-19-42-52(37)43(31-40)60(80)71(59(42)79)48-23-24-51(74)69(5)62(48)82/h10,16,19,30-31,33-34,36,38-39,41,44-45,48,53-54H,6-9,11-15,17-18,20-29,32,35H2,1-5H3,(H,66,78)(H,67,77)(H,68,76)/t38-,41-,44+,45-,48?,53-,54-/m0/s1. The van der Waals surface area contributed by atoms with Gasteiger partial charge in [-0.25, -0.2) is 9.97 Å². The van der Waals surface area contributed by atoms with Crippen molar-refractivity contribution in [2.24, 2.45) is 29.1 Å². The average molecular weight is 1170 g/mol. The molecular formula is C63H80N8O14. The zero-order valence-electron chi connectivity index (χ0n) is 49.5. The monoisotopic (exact) mass is 1170 g/mol. The van der Waals surface area contributed by atoms with Crippen LogP contribution >= 0.6 is 0 Å². The van der Waals surface area contributed by atoms with Crippen LogP contribution in [0.1, 0.15) is 179 Å². The van der Waals surface area contributed by atoms with Crippen molar-refractivity contribution < 1.29 is 67.0 Å². The Bertz CT molecular complexity index is 3080. The van der Waals surface area contributed by atoms with Gasteiger partial charge in [0, 0.05) is 62.4 Å². The second-order valence-corrected chi connectivity index (χ2v) is 24.8. The Kier molecular flexibility index (Phi) is 20.0. The van der Waals surface area contributed by atoms with Crippen LogP contribution in [0.15, 0.2) is 42.7 Å². The first-order chi connectivity index (χ1) is 40.7. The number of Topliss-reactive ketones (excluding diaryl/α,β-unsaturated/α-hetero) is 3. The van der Waals surface area contributed by atoms with Crippen LogP contribution in [0.4, 0.5) is 0 Å². The third-order valence-corrected chi connectivity index (χ3v) is 17.8. The molecule has 5 fully saturated rings. The maximum atomic E-state index is 15.0. The molecule has 4 heterocycles. The van der Waals surface area contributed by atoms with Crippen LogP contribution in [-0.4, -0.2) is 166 Å². The summed E-state index contributed by atoms with van der Waals surface area (Å²) in [5, 5.41) is 9.65. The van der Waals surface area contributed by atoms with Crippen LogP contribution < -0.4 is 20.7 Å². The molecule has 3 saturated carbocycles. The lowest BCUT2D eigenvalue weighted by Crippen LogP contribution is -2.57. The number of ketones is 3. The van der Waals surface area contributed by atoms with Crippen LogP contribution in [0, 0.1) is 29.1 Å². The third-order valence-electron chi connectivity index (χ3n) is 17.8. The third kappa shape index (κ3) is 14.3. The van der Waals surface area contributed by atoms with Gasteiger partial charge >= 0.3 is 0 Å². The number of carbonyl (C=O) groups is 11. The molecule has 456 valence electrons. The van der Waals surface area contributed by atoms with Gasteiger partial charge in [0.2, 0.25) is 23.5 Å². The molecule has 2 saturated heterocycles. The van der Waals surface area contributed by atoms with E-state index >= 15 is 0 Å². The smallest absolute Gasteiger partial charge is 0.289 e. The van der Waals surface area contributed by atoms with Gasteiger partial charge in [-0.05, 0) is 105 Å². The van der Waals surface area contributed by atoms with E-state index in [1.165, 1.54) is 19.4 Å². The fourth-order valence-corrected chi connectivity index (χ4v) is 13.0. The van der Waals surface area contributed by atoms with Crippen molar-refractivity contribution >= 4 is 75.4 Å². The summed E-state index contributed by atoms with van der Waals surface area (Å²) in [6.07, 6.45) is 11.9. The summed E-state index contributed by atoms with van der Waals surface area (Å²) in [6.45, 7) is 8.93. The minimum Gasteiger partial charge on any atom is -0.491 e. The molecule has 0 spiro atoms. The number of likely N-dealkylation sites (N-methyl/N-ethyl adjacent to an activating group) is 1. The Balaban J connectivity index is 0.731. The van der Waals surface area contributed by atoms with Gasteiger partial charge in [-0.3, -0.25) is 62.5 Å². The first-order valence-electron chi connectivity index (χ1n) is 30.4. The van der Waals surface area contributed by atoms with Crippen molar-refractivity contribution in [1.29, 1.82) is 0 Å². The van der Waals surface area contributed by atoms with Crippen molar-refractivity contribution in [2.75, 3.05) is 46.6 Å². The number of carbonyl (C=O) groups excluding carboxylic acids is 11. The van der Waals surface area contributed by atoms with E-state index < -0.39 is 76.7 Å². The van der Waals surface area contributed by atoms with E-state index in [0.717, 1.165) is 61.2 Å². The zero-order valence-corrected chi connectivity index (χ0v) is 49.5. The first kappa shape index (κ1) is 62.2. The maximum absolute atomic E-state index is 15.0. The molecule has 3 aliphatic heterocycles. The molecule has 1 aromatic heterocycles. The molecule has 9 rings (SSSR count). The summed E-state index contributed by atoms with van der Waals surface area (Å²) in [6, 6.07) is 4.39. The Hall–Kier alpha value is -7.33. The molecule has 2 aromatic carbocycles. The molecule has 3 aromatic rings. The molecule has 0 bridgehead atoms. The number of nitrogens with one attached hydrogen (secondary N) is 3. The normalized spacial score (nSPS) is 21.8. The van der Waals surface area contributed by atoms with E-state index in [2.05, 4.69) is 25.9 Å². The van der Waals surface area contributed by atoms with Crippen LogP contribution in [-0.2, 0) is 43.0 Å². The number of imide groups is 2.